The third kappa shape index (κ3) is 4.86. The fraction of sp³-hybridized carbons (Fsp3) is 0.269. The van der Waals surface area contributed by atoms with E-state index in [4.69, 9.17) is 0 Å². The molecule has 4 rings (SSSR count). The van der Waals surface area contributed by atoms with Crippen molar-refractivity contribution in [1.82, 2.24) is 24.8 Å². The van der Waals surface area contributed by atoms with Gasteiger partial charge in [0, 0.05) is 30.9 Å². The number of nitrogens with one attached hydrogen (secondary N) is 1. The van der Waals surface area contributed by atoms with Crippen molar-refractivity contribution in [2.24, 2.45) is 0 Å². The lowest BCUT2D eigenvalue weighted by Gasteiger charge is -2.24. The number of fused-ring (bicyclic) bond motifs is 1. The van der Waals surface area contributed by atoms with E-state index in [1.54, 1.807) is 12.5 Å². The van der Waals surface area contributed by atoms with Crippen LogP contribution in [0.3, 0.4) is 0 Å². The zero-order chi connectivity index (χ0) is 22.5. The molecule has 2 aromatic carbocycles. The minimum absolute atomic E-state index is 0.0857. The van der Waals surface area contributed by atoms with E-state index in [0.717, 1.165) is 35.5 Å². The maximum absolute atomic E-state index is 12.6. The summed E-state index contributed by atoms with van der Waals surface area (Å²) in [5, 5.41) is 2.98. The molecule has 0 unspecified atom stereocenters. The Morgan fingerprint density at radius 1 is 1.00 bits per heavy atom. The van der Waals surface area contributed by atoms with Crippen molar-refractivity contribution in [2.45, 2.75) is 39.9 Å². The van der Waals surface area contributed by atoms with Gasteiger partial charge in [-0.15, -0.1) is 0 Å². The molecule has 0 aliphatic carbocycles. The van der Waals surface area contributed by atoms with Crippen LogP contribution in [0, 0.1) is 0 Å². The molecule has 0 bridgehead atoms. The quantitative estimate of drug-likeness (QED) is 0.447. The maximum Gasteiger partial charge on any atom is 0.251 e. The van der Waals surface area contributed by atoms with Crippen molar-refractivity contribution < 1.29 is 4.79 Å². The van der Waals surface area contributed by atoms with Crippen LogP contribution in [0.15, 0.2) is 73.2 Å². The number of imidazole rings is 1. The Bertz CT molecular complexity index is 1180. The molecule has 6 heteroatoms. The molecule has 2 aromatic heterocycles. The number of carbonyl (C=O) groups is 1. The lowest BCUT2D eigenvalue weighted by molar-refractivity contribution is 0.0951. The van der Waals surface area contributed by atoms with Gasteiger partial charge in [0.05, 0.1) is 11.0 Å². The highest BCUT2D eigenvalue weighted by atomic mass is 16.1. The highest BCUT2D eigenvalue weighted by Crippen LogP contribution is 2.16. The second-order valence-electron chi connectivity index (χ2n) is 8.16. The van der Waals surface area contributed by atoms with Gasteiger partial charge >= 0.3 is 0 Å². The van der Waals surface area contributed by atoms with Gasteiger partial charge in [-0.2, -0.15) is 0 Å². The van der Waals surface area contributed by atoms with Crippen molar-refractivity contribution >= 4 is 16.9 Å². The van der Waals surface area contributed by atoms with Gasteiger partial charge in [0.25, 0.3) is 5.91 Å². The predicted molar refractivity (Wildman–Crippen MR) is 128 cm³/mol. The van der Waals surface area contributed by atoms with Crippen molar-refractivity contribution in [1.29, 1.82) is 0 Å². The van der Waals surface area contributed by atoms with Crippen LogP contribution in [-0.2, 0) is 13.1 Å². The average molecular weight is 428 g/mol. The summed E-state index contributed by atoms with van der Waals surface area (Å²) in [7, 11) is 0. The lowest BCUT2D eigenvalue weighted by atomic mass is 10.1. The number of pyridine rings is 1. The van der Waals surface area contributed by atoms with Crippen LogP contribution in [0.2, 0.25) is 0 Å². The first-order valence-electron chi connectivity index (χ1n) is 11.0. The van der Waals surface area contributed by atoms with Crippen LogP contribution in [-0.4, -0.2) is 37.9 Å². The van der Waals surface area contributed by atoms with Crippen molar-refractivity contribution in [3.63, 3.8) is 0 Å². The Hall–Kier alpha value is -3.51. The van der Waals surface area contributed by atoms with Crippen LogP contribution in [0.4, 0.5) is 0 Å². The summed E-state index contributed by atoms with van der Waals surface area (Å²) >= 11 is 0. The second-order valence-corrected chi connectivity index (χ2v) is 8.16. The standard InChI is InChI=1S/C26H29N5O/c1-4-30(19(2)3)17-20-9-12-22(13-10-20)26(32)28-16-21-11-14-25(27-15-21)31-18-29-23-7-5-6-8-24(23)31/h5-15,18-19H,4,16-17H2,1-3H3,(H,28,32). The van der Waals surface area contributed by atoms with Gasteiger partial charge in [-0.05, 0) is 61.9 Å². The van der Waals surface area contributed by atoms with Gasteiger partial charge in [0.2, 0.25) is 0 Å². The average Bonchev–Trinajstić information content (AvgIpc) is 3.26. The number of hydrogen-bond acceptors (Lipinski definition) is 4. The lowest BCUT2D eigenvalue weighted by Crippen LogP contribution is -2.30. The Morgan fingerprint density at radius 3 is 2.44 bits per heavy atom. The SMILES string of the molecule is CCN(Cc1ccc(C(=O)NCc2ccc(-n3cnc4ccccc43)nc2)cc1)C(C)C. The molecule has 32 heavy (non-hydrogen) atoms. The van der Waals surface area contributed by atoms with Crippen molar-refractivity contribution in [3.8, 4) is 5.82 Å². The van der Waals surface area contributed by atoms with Crippen LogP contribution in [0.1, 0.15) is 42.3 Å². The summed E-state index contributed by atoms with van der Waals surface area (Å²) in [6.07, 6.45) is 3.57. The van der Waals surface area contributed by atoms with E-state index in [9.17, 15) is 4.79 Å². The summed E-state index contributed by atoms with van der Waals surface area (Å²) in [5.74, 6) is 0.712. The number of para-hydroxylation sites is 2. The molecule has 1 N–H and O–H groups in total. The van der Waals surface area contributed by atoms with Gasteiger partial charge < -0.3 is 5.32 Å². The van der Waals surface area contributed by atoms with Gasteiger partial charge in [-0.1, -0.05) is 37.3 Å². The molecule has 6 nitrogen and oxygen atoms in total. The number of benzene rings is 2. The van der Waals surface area contributed by atoms with Crippen LogP contribution in [0.5, 0.6) is 0 Å². The molecule has 0 radical (unpaired) electrons. The largest absolute Gasteiger partial charge is 0.348 e. The number of amides is 1. The first kappa shape index (κ1) is 21.7. The predicted octanol–water partition coefficient (Wildman–Crippen LogP) is 4.58. The Balaban J connectivity index is 1.36. The normalized spacial score (nSPS) is 11.4. The zero-order valence-electron chi connectivity index (χ0n) is 18.8. The number of hydrogen-bond donors (Lipinski definition) is 1. The van der Waals surface area contributed by atoms with Crippen molar-refractivity contribution in [2.75, 3.05) is 6.54 Å². The fourth-order valence-electron chi connectivity index (χ4n) is 3.75. The highest BCUT2D eigenvalue weighted by molar-refractivity contribution is 5.94. The fourth-order valence-corrected chi connectivity index (χ4v) is 3.75. The summed E-state index contributed by atoms with van der Waals surface area (Å²) in [5.41, 5.74) is 4.77. The molecule has 0 fully saturated rings. The van der Waals surface area contributed by atoms with Gasteiger partial charge in [0.1, 0.15) is 12.1 Å². The number of aromatic nitrogens is 3. The molecular weight excluding hydrogens is 398 g/mol. The van der Waals surface area contributed by atoms with E-state index in [2.05, 4.69) is 41.0 Å². The van der Waals surface area contributed by atoms with E-state index in [1.165, 1.54) is 5.56 Å². The van der Waals surface area contributed by atoms with Crippen LogP contribution in [0.25, 0.3) is 16.9 Å². The Labute approximate surface area is 188 Å². The topological polar surface area (TPSA) is 63.1 Å². The second kappa shape index (κ2) is 9.75. The third-order valence-electron chi connectivity index (χ3n) is 5.70. The molecule has 0 spiro atoms. The zero-order valence-corrected chi connectivity index (χ0v) is 18.8. The monoisotopic (exact) mass is 427 g/mol. The molecular formula is C26H29N5O. The molecule has 1 amide bonds. The minimum Gasteiger partial charge on any atom is -0.348 e. The van der Waals surface area contributed by atoms with E-state index in [-0.39, 0.29) is 5.91 Å². The third-order valence-corrected chi connectivity index (χ3v) is 5.70. The summed E-state index contributed by atoms with van der Waals surface area (Å²) in [6.45, 7) is 8.88. The molecule has 0 saturated heterocycles. The highest BCUT2D eigenvalue weighted by Gasteiger charge is 2.10. The maximum atomic E-state index is 12.6. The smallest absolute Gasteiger partial charge is 0.251 e. The molecule has 0 saturated carbocycles. The van der Waals surface area contributed by atoms with E-state index < -0.39 is 0 Å². The molecule has 0 atom stereocenters. The molecule has 0 aliphatic heterocycles. The Morgan fingerprint density at radius 2 is 1.75 bits per heavy atom. The summed E-state index contributed by atoms with van der Waals surface area (Å²) in [4.78, 5) is 23.9. The van der Waals surface area contributed by atoms with E-state index in [0.29, 0.717) is 18.2 Å². The van der Waals surface area contributed by atoms with Crippen LogP contribution < -0.4 is 5.32 Å². The first-order chi connectivity index (χ1) is 15.5. The van der Waals surface area contributed by atoms with Gasteiger partial charge in [0.15, 0.2) is 0 Å². The van der Waals surface area contributed by atoms with Gasteiger partial charge in [-0.3, -0.25) is 14.3 Å². The molecule has 2 heterocycles. The van der Waals surface area contributed by atoms with E-state index >= 15 is 0 Å². The van der Waals surface area contributed by atoms with Gasteiger partial charge in [-0.25, -0.2) is 9.97 Å². The van der Waals surface area contributed by atoms with E-state index in [1.807, 2.05) is 65.2 Å². The molecule has 0 aliphatic rings. The molecule has 4 aromatic rings. The van der Waals surface area contributed by atoms with Crippen LogP contribution >= 0.6 is 0 Å². The first-order valence-corrected chi connectivity index (χ1v) is 11.0. The summed E-state index contributed by atoms with van der Waals surface area (Å²) < 4.78 is 1.96. The Kier molecular flexibility index (Phi) is 6.61. The molecule has 164 valence electrons. The number of rotatable bonds is 8. The summed E-state index contributed by atoms with van der Waals surface area (Å²) in [6, 6.07) is 20.2. The number of nitrogens with zero attached hydrogens (tertiary/aromatic N) is 4. The van der Waals surface area contributed by atoms with Crippen molar-refractivity contribution in [3.05, 3.63) is 89.9 Å². The minimum atomic E-state index is -0.0857. The number of carbonyl (C=O) groups excluding carboxylic acids is 1.